The van der Waals surface area contributed by atoms with Crippen molar-refractivity contribution in [1.29, 1.82) is 0 Å². The van der Waals surface area contributed by atoms with E-state index in [4.69, 9.17) is 9.47 Å². The molecule has 4 aliphatic rings. The molecule has 5 nitrogen and oxygen atoms in total. The summed E-state index contributed by atoms with van der Waals surface area (Å²) < 4.78 is 11.2. The van der Waals surface area contributed by atoms with E-state index in [9.17, 15) is 9.59 Å². The molecule has 0 saturated heterocycles. The van der Waals surface area contributed by atoms with Gasteiger partial charge >= 0.3 is 11.9 Å². The van der Waals surface area contributed by atoms with Gasteiger partial charge in [-0.2, -0.15) is 0 Å². The van der Waals surface area contributed by atoms with Crippen LogP contribution in [0.4, 0.5) is 0 Å². The van der Waals surface area contributed by atoms with Crippen LogP contribution in [0.5, 0.6) is 0 Å². The van der Waals surface area contributed by atoms with E-state index in [0.717, 1.165) is 18.3 Å². The zero-order chi connectivity index (χ0) is 15.4. The summed E-state index contributed by atoms with van der Waals surface area (Å²) in [4.78, 5) is 27.1. The largest absolute Gasteiger partial charge is 0.458 e. The number of hydrogen-bond acceptors (Lipinski definition) is 5. The lowest BCUT2D eigenvalue weighted by Crippen LogP contribution is -2.48. The third kappa shape index (κ3) is 1.94. The molecule has 4 rings (SSSR count). The van der Waals surface area contributed by atoms with Gasteiger partial charge in [-0.3, -0.25) is 9.79 Å². The Morgan fingerprint density at radius 1 is 1.00 bits per heavy atom. The minimum Gasteiger partial charge on any atom is -0.458 e. The Kier molecular flexibility index (Phi) is 3.27. The van der Waals surface area contributed by atoms with Gasteiger partial charge in [0, 0.05) is 25.8 Å². The average Bonchev–Trinajstić information content (AvgIpc) is 3.17. The SMILES string of the molecule is C/N=C\C(=O)OC1C2CC(C1OC(C)=O)C1C3CCC(C3)C21. The lowest BCUT2D eigenvalue weighted by Gasteiger charge is -2.41. The van der Waals surface area contributed by atoms with E-state index in [2.05, 4.69) is 4.99 Å². The number of hydrogen-bond donors (Lipinski definition) is 0. The van der Waals surface area contributed by atoms with Crippen LogP contribution in [0, 0.1) is 35.5 Å². The molecule has 5 heteroatoms. The van der Waals surface area contributed by atoms with Crippen molar-refractivity contribution in [2.24, 2.45) is 40.5 Å². The normalized spacial score (nSPS) is 47.9. The summed E-state index contributed by atoms with van der Waals surface area (Å²) >= 11 is 0. The van der Waals surface area contributed by atoms with Crippen molar-refractivity contribution < 1.29 is 19.1 Å². The quantitative estimate of drug-likeness (QED) is 0.453. The van der Waals surface area contributed by atoms with E-state index in [1.165, 1.54) is 32.4 Å². The van der Waals surface area contributed by atoms with Gasteiger partial charge in [0.1, 0.15) is 18.4 Å². The maximum absolute atomic E-state index is 11.8. The zero-order valence-corrected chi connectivity index (χ0v) is 13.1. The number of esters is 2. The molecule has 8 unspecified atom stereocenters. The van der Waals surface area contributed by atoms with E-state index in [1.54, 1.807) is 7.05 Å². The Morgan fingerprint density at radius 3 is 2.14 bits per heavy atom. The fraction of sp³-hybridized carbons (Fsp3) is 0.824. The Balaban J connectivity index is 1.59. The summed E-state index contributed by atoms with van der Waals surface area (Å²) in [6.45, 7) is 1.44. The van der Waals surface area contributed by atoms with Crippen molar-refractivity contribution >= 4 is 18.2 Å². The highest BCUT2D eigenvalue weighted by atomic mass is 16.6. The molecule has 4 saturated carbocycles. The summed E-state index contributed by atoms with van der Waals surface area (Å²) in [5, 5.41) is 0. The molecule has 4 bridgehead atoms. The van der Waals surface area contributed by atoms with Gasteiger partial charge in [0.2, 0.25) is 0 Å². The van der Waals surface area contributed by atoms with Gasteiger partial charge in [-0.05, 0) is 49.4 Å². The molecule has 0 heterocycles. The third-order valence-corrected chi connectivity index (χ3v) is 6.54. The zero-order valence-electron chi connectivity index (χ0n) is 13.1. The maximum atomic E-state index is 11.8. The predicted octanol–water partition coefficient (Wildman–Crippen LogP) is 1.84. The van der Waals surface area contributed by atoms with Gasteiger partial charge in [-0.1, -0.05) is 0 Å². The van der Waals surface area contributed by atoms with Crippen molar-refractivity contribution in [2.75, 3.05) is 7.05 Å². The molecular weight excluding hydrogens is 282 g/mol. The second-order valence-electron chi connectivity index (χ2n) is 7.41. The van der Waals surface area contributed by atoms with Crippen molar-refractivity contribution in [3.8, 4) is 0 Å². The van der Waals surface area contributed by atoms with Crippen molar-refractivity contribution in [3.63, 3.8) is 0 Å². The molecule has 8 atom stereocenters. The van der Waals surface area contributed by atoms with Crippen LogP contribution in [-0.4, -0.2) is 37.4 Å². The molecule has 0 aromatic carbocycles. The van der Waals surface area contributed by atoms with E-state index in [-0.39, 0.29) is 18.2 Å². The minimum absolute atomic E-state index is 0.252. The Labute approximate surface area is 130 Å². The van der Waals surface area contributed by atoms with Crippen LogP contribution < -0.4 is 0 Å². The monoisotopic (exact) mass is 305 g/mol. The maximum Gasteiger partial charge on any atom is 0.349 e. The van der Waals surface area contributed by atoms with Crippen LogP contribution in [0.25, 0.3) is 0 Å². The number of fused-ring (bicyclic) bond motifs is 9. The minimum atomic E-state index is -0.420. The first-order chi connectivity index (χ1) is 10.6. The van der Waals surface area contributed by atoms with E-state index >= 15 is 0 Å². The van der Waals surface area contributed by atoms with Crippen molar-refractivity contribution in [1.82, 2.24) is 0 Å². The number of rotatable bonds is 3. The smallest absolute Gasteiger partial charge is 0.349 e. The van der Waals surface area contributed by atoms with Gasteiger partial charge < -0.3 is 9.47 Å². The van der Waals surface area contributed by atoms with Gasteiger partial charge in [0.15, 0.2) is 0 Å². The molecule has 0 aliphatic heterocycles. The van der Waals surface area contributed by atoms with Gasteiger partial charge in [0.05, 0.1) is 0 Å². The van der Waals surface area contributed by atoms with Crippen LogP contribution in [0.2, 0.25) is 0 Å². The molecular formula is C17H23NO4. The molecule has 0 radical (unpaired) electrons. The Bertz CT molecular complexity index is 531. The molecule has 4 fully saturated rings. The number of nitrogens with zero attached hydrogens (tertiary/aromatic N) is 1. The summed E-state index contributed by atoms with van der Waals surface area (Å²) in [5.74, 6) is 3.00. The van der Waals surface area contributed by atoms with E-state index in [0.29, 0.717) is 23.7 Å². The van der Waals surface area contributed by atoms with Crippen LogP contribution in [0.1, 0.15) is 32.6 Å². The summed E-state index contributed by atoms with van der Waals surface area (Å²) in [6.07, 6.45) is 5.69. The van der Waals surface area contributed by atoms with Gasteiger partial charge in [-0.15, -0.1) is 0 Å². The van der Waals surface area contributed by atoms with E-state index in [1.807, 2.05) is 0 Å². The molecule has 0 aromatic heterocycles. The van der Waals surface area contributed by atoms with Crippen LogP contribution in [-0.2, 0) is 19.1 Å². The summed E-state index contributed by atoms with van der Waals surface area (Å²) in [5.41, 5.74) is 0. The first kappa shape index (κ1) is 14.2. The van der Waals surface area contributed by atoms with Crippen molar-refractivity contribution in [3.05, 3.63) is 0 Å². The number of ether oxygens (including phenoxy) is 2. The highest BCUT2D eigenvalue weighted by Gasteiger charge is 2.67. The summed E-state index contributed by atoms with van der Waals surface area (Å²) in [7, 11) is 1.55. The fourth-order valence-corrected chi connectivity index (χ4v) is 6.24. The van der Waals surface area contributed by atoms with Crippen molar-refractivity contribution in [2.45, 2.75) is 44.8 Å². The van der Waals surface area contributed by atoms with Gasteiger partial charge in [0.25, 0.3) is 0 Å². The first-order valence-corrected chi connectivity index (χ1v) is 8.40. The predicted molar refractivity (Wildman–Crippen MR) is 79.3 cm³/mol. The highest BCUT2D eigenvalue weighted by Crippen LogP contribution is 2.68. The lowest BCUT2D eigenvalue weighted by molar-refractivity contribution is -0.173. The molecule has 0 spiro atoms. The lowest BCUT2D eigenvalue weighted by atomic mass is 9.69. The summed E-state index contributed by atoms with van der Waals surface area (Å²) in [6, 6.07) is 0. The molecule has 4 aliphatic carbocycles. The van der Waals surface area contributed by atoms with Gasteiger partial charge in [-0.25, -0.2) is 4.79 Å². The van der Waals surface area contributed by atoms with E-state index < -0.39 is 5.97 Å². The number of carbonyl (C=O) groups excluding carboxylic acids is 2. The Hall–Kier alpha value is -1.39. The topological polar surface area (TPSA) is 65.0 Å². The molecule has 0 amide bonds. The standard InChI is InChI=1S/C17H23NO4/c1-8(19)21-16-11-6-12(17(16)22-13(20)7-18-2)15-10-4-3-9(5-10)14(11)15/h7,9-12,14-17H,3-6H2,1-2H3/b18-7-. The van der Waals surface area contributed by atoms with Crippen LogP contribution in [0.3, 0.4) is 0 Å². The molecule has 120 valence electrons. The first-order valence-electron chi connectivity index (χ1n) is 8.40. The second kappa shape index (κ2) is 5.07. The number of carbonyl (C=O) groups is 2. The highest BCUT2D eigenvalue weighted by molar-refractivity contribution is 6.23. The molecule has 0 aromatic rings. The molecule has 22 heavy (non-hydrogen) atoms. The number of aliphatic imine (C=N–C) groups is 1. The second-order valence-corrected chi connectivity index (χ2v) is 7.41. The van der Waals surface area contributed by atoms with Crippen LogP contribution >= 0.6 is 0 Å². The van der Waals surface area contributed by atoms with Crippen LogP contribution in [0.15, 0.2) is 4.99 Å². The third-order valence-electron chi connectivity index (χ3n) is 6.54. The Morgan fingerprint density at radius 2 is 1.59 bits per heavy atom. The average molecular weight is 305 g/mol. The fourth-order valence-electron chi connectivity index (χ4n) is 6.24. The molecule has 0 N–H and O–H groups in total.